The zero-order chi connectivity index (χ0) is 19.4. The number of carbonyl (C=O) groups excluding carboxylic acids is 2. The first kappa shape index (κ1) is 19.1. The van der Waals surface area contributed by atoms with Gasteiger partial charge in [0.15, 0.2) is 10.3 Å². The standard InChI is InChI=1S/C18H19N5O2S2/c1-4-19-16(25)23-17-20-9-12(26-17)8-14-15(24)22-18(27-14)21-13-6-5-10(2)7-11(13)3/h5-9H,4H2,1-3H3,(H,21,22,24)(H2,19,20,23,25)/b14-8-. The second-order valence-electron chi connectivity index (χ2n) is 5.82. The molecule has 0 spiro atoms. The van der Waals surface area contributed by atoms with Crippen LogP contribution in [0.3, 0.4) is 0 Å². The Bertz CT molecular complexity index is 949. The molecule has 27 heavy (non-hydrogen) atoms. The maximum absolute atomic E-state index is 12.2. The van der Waals surface area contributed by atoms with Crippen molar-refractivity contribution < 1.29 is 9.59 Å². The number of hydrogen-bond acceptors (Lipinski definition) is 6. The van der Waals surface area contributed by atoms with E-state index in [4.69, 9.17) is 0 Å². The highest BCUT2D eigenvalue weighted by molar-refractivity contribution is 8.18. The lowest BCUT2D eigenvalue weighted by atomic mass is 10.1. The fourth-order valence-corrected chi connectivity index (χ4v) is 4.02. The van der Waals surface area contributed by atoms with E-state index in [2.05, 4.69) is 32.0 Å². The molecule has 3 N–H and O–H groups in total. The molecule has 9 heteroatoms. The number of hydrogen-bond donors (Lipinski definition) is 3. The van der Waals surface area contributed by atoms with Gasteiger partial charge in [-0.1, -0.05) is 29.0 Å². The minimum atomic E-state index is -0.304. The average molecular weight is 402 g/mol. The summed E-state index contributed by atoms with van der Waals surface area (Å²) in [5.74, 6) is -0.199. The van der Waals surface area contributed by atoms with Gasteiger partial charge in [-0.05, 0) is 50.2 Å². The predicted molar refractivity (Wildman–Crippen MR) is 112 cm³/mol. The Balaban J connectivity index is 1.73. The number of carbonyl (C=O) groups is 2. The van der Waals surface area contributed by atoms with Crippen molar-refractivity contribution in [3.8, 4) is 0 Å². The highest BCUT2D eigenvalue weighted by Crippen LogP contribution is 2.31. The van der Waals surface area contributed by atoms with Crippen LogP contribution in [0.5, 0.6) is 0 Å². The number of amidine groups is 1. The summed E-state index contributed by atoms with van der Waals surface area (Å²) in [5, 5.41) is 9.08. The monoisotopic (exact) mass is 401 g/mol. The topological polar surface area (TPSA) is 95.5 Å². The van der Waals surface area contributed by atoms with Crippen LogP contribution in [0.15, 0.2) is 34.3 Å². The Labute approximate surface area is 165 Å². The minimum Gasteiger partial charge on any atom is -0.338 e. The fourth-order valence-electron chi connectivity index (χ4n) is 2.36. The van der Waals surface area contributed by atoms with E-state index in [1.165, 1.54) is 28.7 Å². The largest absolute Gasteiger partial charge is 0.338 e. The molecule has 1 aliphatic heterocycles. The van der Waals surface area contributed by atoms with Gasteiger partial charge in [0.2, 0.25) is 0 Å². The number of nitrogens with zero attached hydrogens (tertiary/aromatic N) is 2. The quantitative estimate of drug-likeness (QED) is 0.679. The van der Waals surface area contributed by atoms with Gasteiger partial charge in [0, 0.05) is 12.7 Å². The van der Waals surface area contributed by atoms with Gasteiger partial charge in [-0.25, -0.2) is 14.8 Å². The molecule has 140 valence electrons. The normalized spacial score (nSPS) is 16.6. The van der Waals surface area contributed by atoms with Crippen LogP contribution in [-0.4, -0.2) is 28.6 Å². The molecule has 0 unspecified atom stereocenters. The SMILES string of the molecule is CCNC(=O)Nc1ncc(/C=C2\SC(=Nc3ccc(C)cc3C)NC2=O)s1. The molecule has 0 aliphatic carbocycles. The minimum absolute atomic E-state index is 0.199. The van der Waals surface area contributed by atoms with Crippen LogP contribution in [0.4, 0.5) is 15.6 Å². The summed E-state index contributed by atoms with van der Waals surface area (Å²) in [6, 6.07) is 5.68. The molecule has 2 aromatic rings. The Kier molecular flexibility index (Phi) is 5.92. The summed E-state index contributed by atoms with van der Waals surface area (Å²) < 4.78 is 0. The summed E-state index contributed by atoms with van der Waals surface area (Å²) in [6.07, 6.45) is 3.36. The number of aliphatic imine (C=N–C) groups is 1. The van der Waals surface area contributed by atoms with Crippen molar-refractivity contribution in [2.45, 2.75) is 20.8 Å². The third-order valence-corrected chi connectivity index (χ3v) is 5.35. The second kappa shape index (κ2) is 8.36. The molecule has 1 aliphatic rings. The molecule has 1 fully saturated rings. The van der Waals surface area contributed by atoms with Gasteiger partial charge in [0.25, 0.3) is 5.91 Å². The van der Waals surface area contributed by atoms with Crippen molar-refractivity contribution in [3.63, 3.8) is 0 Å². The lowest BCUT2D eigenvalue weighted by molar-refractivity contribution is -0.115. The second-order valence-corrected chi connectivity index (χ2v) is 7.92. The molecule has 2 heterocycles. The number of benzene rings is 1. The lowest BCUT2D eigenvalue weighted by Crippen LogP contribution is -2.28. The molecule has 1 aromatic carbocycles. The van der Waals surface area contributed by atoms with E-state index in [-0.39, 0.29) is 11.9 Å². The smallest absolute Gasteiger partial charge is 0.321 e. The average Bonchev–Trinajstić information content (AvgIpc) is 3.17. The number of nitrogens with one attached hydrogen (secondary N) is 3. The Morgan fingerprint density at radius 1 is 1.37 bits per heavy atom. The summed E-state index contributed by atoms with van der Waals surface area (Å²) in [5.41, 5.74) is 3.05. The lowest BCUT2D eigenvalue weighted by Gasteiger charge is -2.02. The predicted octanol–water partition coefficient (Wildman–Crippen LogP) is 3.79. The number of aryl methyl sites for hydroxylation is 2. The van der Waals surface area contributed by atoms with Crippen LogP contribution in [0.2, 0.25) is 0 Å². The molecule has 0 atom stereocenters. The van der Waals surface area contributed by atoms with E-state index in [0.29, 0.717) is 21.7 Å². The number of thiazole rings is 1. The zero-order valence-corrected chi connectivity index (χ0v) is 16.8. The van der Waals surface area contributed by atoms with Crippen LogP contribution in [0, 0.1) is 13.8 Å². The van der Waals surface area contributed by atoms with E-state index in [1.54, 1.807) is 12.3 Å². The molecular formula is C18H19N5O2S2. The van der Waals surface area contributed by atoms with Crippen molar-refractivity contribution in [2.24, 2.45) is 4.99 Å². The van der Waals surface area contributed by atoms with Crippen molar-refractivity contribution in [2.75, 3.05) is 11.9 Å². The van der Waals surface area contributed by atoms with Crippen molar-refractivity contribution >= 4 is 57.1 Å². The molecule has 0 radical (unpaired) electrons. The van der Waals surface area contributed by atoms with Gasteiger partial charge < -0.3 is 10.6 Å². The van der Waals surface area contributed by atoms with Gasteiger partial charge in [0.1, 0.15) is 0 Å². The third-order valence-electron chi connectivity index (χ3n) is 3.58. The molecule has 7 nitrogen and oxygen atoms in total. The highest BCUT2D eigenvalue weighted by atomic mass is 32.2. The van der Waals surface area contributed by atoms with Crippen LogP contribution >= 0.6 is 23.1 Å². The van der Waals surface area contributed by atoms with E-state index in [9.17, 15) is 9.59 Å². The third kappa shape index (κ3) is 4.95. The van der Waals surface area contributed by atoms with Gasteiger partial charge in [-0.15, -0.1) is 0 Å². The van der Waals surface area contributed by atoms with Crippen LogP contribution in [0.25, 0.3) is 6.08 Å². The van der Waals surface area contributed by atoms with Gasteiger partial charge in [0.05, 0.1) is 15.5 Å². The van der Waals surface area contributed by atoms with Gasteiger partial charge >= 0.3 is 6.03 Å². The summed E-state index contributed by atoms with van der Waals surface area (Å²) >= 11 is 2.57. The van der Waals surface area contributed by atoms with E-state index >= 15 is 0 Å². The molecular weight excluding hydrogens is 382 g/mol. The number of urea groups is 1. The first-order valence-corrected chi connectivity index (χ1v) is 9.95. The number of rotatable bonds is 4. The van der Waals surface area contributed by atoms with Crippen molar-refractivity contribution in [1.82, 2.24) is 15.6 Å². The molecule has 1 saturated heterocycles. The Morgan fingerprint density at radius 3 is 2.93 bits per heavy atom. The molecule has 0 saturated carbocycles. The first-order valence-electron chi connectivity index (χ1n) is 8.32. The maximum atomic E-state index is 12.2. The van der Waals surface area contributed by atoms with Crippen molar-refractivity contribution in [3.05, 3.63) is 45.3 Å². The first-order chi connectivity index (χ1) is 12.9. The zero-order valence-electron chi connectivity index (χ0n) is 15.1. The van der Waals surface area contributed by atoms with Gasteiger partial charge in [-0.3, -0.25) is 10.1 Å². The van der Waals surface area contributed by atoms with E-state index < -0.39 is 0 Å². The Morgan fingerprint density at radius 2 is 2.19 bits per heavy atom. The van der Waals surface area contributed by atoms with E-state index in [0.717, 1.165) is 16.1 Å². The molecule has 0 bridgehead atoms. The van der Waals surface area contributed by atoms with Crippen molar-refractivity contribution in [1.29, 1.82) is 0 Å². The van der Waals surface area contributed by atoms with Gasteiger partial charge in [-0.2, -0.15) is 0 Å². The molecule has 1 aromatic heterocycles. The summed E-state index contributed by atoms with van der Waals surface area (Å²) in [4.78, 5) is 33.7. The Hall–Kier alpha value is -2.65. The molecule has 3 amide bonds. The fraction of sp³-hybridized carbons (Fsp3) is 0.222. The molecule has 3 rings (SSSR count). The number of thioether (sulfide) groups is 1. The maximum Gasteiger partial charge on any atom is 0.321 e. The number of anilines is 1. The highest BCUT2D eigenvalue weighted by Gasteiger charge is 2.24. The summed E-state index contributed by atoms with van der Waals surface area (Å²) in [6.45, 7) is 6.39. The summed E-state index contributed by atoms with van der Waals surface area (Å²) in [7, 11) is 0. The van der Waals surface area contributed by atoms with Crippen LogP contribution in [0.1, 0.15) is 22.9 Å². The van der Waals surface area contributed by atoms with E-state index in [1.807, 2.05) is 32.9 Å². The van der Waals surface area contributed by atoms with Crippen LogP contribution in [-0.2, 0) is 4.79 Å². The number of aromatic nitrogens is 1. The number of amides is 3. The van der Waals surface area contributed by atoms with Crippen LogP contribution < -0.4 is 16.0 Å².